The molecule has 2 aliphatic rings. The van der Waals surface area contributed by atoms with E-state index >= 15 is 0 Å². The van der Waals surface area contributed by atoms with Crippen molar-refractivity contribution in [2.45, 2.75) is 51.8 Å². The summed E-state index contributed by atoms with van der Waals surface area (Å²) >= 11 is 0. The first-order chi connectivity index (χ1) is 13.5. The number of hydrogen-bond acceptors (Lipinski definition) is 6. The van der Waals surface area contributed by atoms with E-state index in [9.17, 15) is 9.90 Å². The predicted molar refractivity (Wildman–Crippen MR) is 110 cm³/mol. The highest BCUT2D eigenvalue weighted by molar-refractivity contribution is 6.12. The van der Waals surface area contributed by atoms with Crippen molar-refractivity contribution < 1.29 is 9.90 Å². The average Bonchev–Trinajstić information content (AvgIpc) is 3.53. The lowest BCUT2D eigenvalue weighted by atomic mass is 10.0. The Morgan fingerprint density at radius 3 is 2.86 bits per heavy atom. The quantitative estimate of drug-likeness (QED) is 0.717. The summed E-state index contributed by atoms with van der Waals surface area (Å²) in [4.78, 5) is 25.3. The summed E-state index contributed by atoms with van der Waals surface area (Å²) in [5, 5.41) is 17.2. The van der Waals surface area contributed by atoms with Crippen LogP contribution < -0.4 is 10.6 Å². The van der Waals surface area contributed by atoms with Crippen molar-refractivity contribution in [3.8, 4) is 0 Å². The molecule has 2 aromatic heterocycles. The number of aliphatic imine (C=N–C) groups is 1. The van der Waals surface area contributed by atoms with Crippen LogP contribution in [0.1, 0.15) is 45.1 Å². The van der Waals surface area contributed by atoms with E-state index in [4.69, 9.17) is 0 Å². The molecule has 1 saturated carbocycles. The third-order valence-corrected chi connectivity index (χ3v) is 5.16. The standard InChI is InChI=1S/C21H25N5O2/c1-3-4-18(27)20-24-11-16(12(2)25-20)14-7-15-10-23-19(8-17(15)22-9-14)26-21(28)13-5-6-13/h7-11,13,18,20,25,27H,3-6H2,1-2H3,(H,23,26,28). The lowest BCUT2D eigenvalue weighted by Gasteiger charge is -2.26. The zero-order chi connectivity index (χ0) is 19.7. The van der Waals surface area contributed by atoms with Crippen LogP contribution in [-0.2, 0) is 4.79 Å². The Morgan fingerprint density at radius 2 is 2.14 bits per heavy atom. The highest BCUT2D eigenvalue weighted by Gasteiger charge is 2.29. The summed E-state index contributed by atoms with van der Waals surface area (Å²) in [6.45, 7) is 4.02. The first-order valence-corrected chi connectivity index (χ1v) is 9.81. The van der Waals surface area contributed by atoms with Gasteiger partial charge in [-0.15, -0.1) is 0 Å². The predicted octanol–water partition coefficient (Wildman–Crippen LogP) is 2.87. The van der Waals surface area contributed by atoms with Gasteiger partial charge in [0.1, 0.15) is 12.0 Å². The summed E-state index contributed by atoms with van der Waals surface area (Å²) < 4.78 is 0. The minimum Gasteiger partial charge on any atom is -0.389 e. The average molecular weight is 379 g/mol. The molecule has 0 spiro atoms. The Kier molecular flexibility index (Phi) is 5.09. The molecule has 2 aromatic rings. The summed E-state index contributed by atoms with van der Waals surface area (Å²) in [7, 11) is 0. The normalized spacial score (nSPS) is 20.2. The van der Waals surface area contributed by atoms with E-state index in [2.05, 4.69) is 25.6 Å². The van der Waals surface area contributed by atoms with Gasteiger partial charge in [0.2, 0.25) is 5.91 Å². The molecule has 1 aliphatic carbocycles. The molecule has 4 rings (SSSR count). The summed E-state index contributed by atoms with van der Waals surface area (Å²) in [5.74, 6) is 0.711. The molecule has 0 radical (unpaired) electrons. The number of nitrogens with one attached hydrogen (secondary N) is 2. The number of allylic oxidation sites excluding steroid dienone is 2. The van der Waals surface area contributed by atoms with Crippen LogP contribution >= 0.6 is 0 Å². The molecule has 0 saturated heterocycles. The molecule has 2 unspecified atom stereocenters. The largest absolute Gasteiger partial charge is 0.389 e. The molecule has 7 heteroatoms. The van der Waals surface area contributed by atoms with Crippen molar-refractivity contribution in [2.75, 3.05) is 5.32 Å². The van der Waals surface area contributed by atoms with Crippen LogP contribution in [0, 0.1) is 5.92 Å². The molecule has 3 N–H and O–H groups in total. The Labute approximate surface area is 164 Å². The Bertz CT molecular complexity index is 964. The van der Waals surface area contributed by atoms with Crippen molar-refractivity contribution in [2.24, 2.45) is 10.9 Å². The minimum atomic E-state index is -0.499. The fourth-order valence-electron chi connectivity index (χ4n) is 3.34. The molecule has 1 amide bonds. The first-order valence-electron chi connectivity index (χ1n) is 9.81. The van der Waals surface area contributed by atoms with Gasteiger partial charge in [0.05, 0.1) is 11.6 Å². The first kappa shape index (κ1) is 18.6. The fourth-order valence-corrected chi connectivity index (χ4v) is 3.34. The zero-order valence-corrected chi connectivity index (χ0v) is 16.1. The third-order valence-electron chi connectivity index (χ3n) is 5.16. The topological polar surface area (TPSA) is 99.5 Å². The highest BCUT2D eigenvalue weighted by atomic mass is 16.3. The summed E-state index contributed by atoms with van der Waals surface area (Å²) in [5.41, 5.74) is 3.61. The third kappa shape index (κ3) is 3.89. The Balaban J connectivity index is 1.54. The van der Waals surface area contributed by atoms with E-state index in [1.165, 1.54) is 0 Å². The second kappa shape index (κ2) is 7.67. The van der Waals surface area contributed by atoms with Crippen molar-refractivity contribution in [3.05, 3.63) is 35.8 Å². The van der Waals surface area contributed by atoms with Crippen LogP contribution in [0.3, 0.4) is 0 Å². The van der Waals surface area contributed by atoms with E-state index in [1.807, 2.05) is 19.9 Å². The molecular formula is C21H25N5O2. The number of fused-ring (bicyclic) bond motifs is 1. The molecule has 1 aliphatic heterocycles. The molecule has 146 valence electrons. The number of amides is 1. The molecule has 0 bridgehead atoms. The van der Waals surface area contributed by atoms with Crippen molar-refractivity contribution in [1.82, 2.24) is 15.3 Å². The second-order valence-electron chi connectivity index (χ2n) is 7.51. The molecule has 28 heavy (non-hydrogen) atoms. The van der Waals surface area contributed by atoms with Gasteiger partial charge in [-0.2, -0.15) is 0 Å². The van der Waals surface area contributed by atoms with Crippen molar-refractivity contribution in [1.29, 1.82) is 0 Å². The van der Waals surface area contributed by atoms with Crippen LogP contribution in [-0.4, -0.2) is 39.5 Å². The molecular weight excluding hydrogens is 354 g/mol. The van der Waals surface area contributed by atoms with Gasteiger partial charge in [0.15, 0.2) is 0 Å². The Morgan fingerprint density at radius 1 is 1.32 bits per heavy atom. The summed E-state index contributed by atoms with van der Waals surface area (Å²) in [6.07, 6.45) is 8.06. The fraction of sp³-hybridized carbons (Fsp3) is 0.429. The monoisotopic (exact) mass is 379 g/mol. The Hall–Kier alpha value is -2.80. The van der Waals surface area contributed by atoms with E-state index in [0.717, 1.165) is 47.0 Å². The van der Waals surface area contributed by atoms with Gasteiger partial charge < -0.3 is 15.7 Å². The van der Waals surface area contributed by atoms with E-state index < -0.39 is 6.10 Å². The smallest absolute Gasteiger partial charge is 0.228 e. The zero-order valence-electron chi connectivity index (χ0n) is 16.1. The molecule has 2 atom stereocenters. The van der Waals surface area contributed by atoms with Gasteiger partial charge in [0.25, 0.3) is 0 Å². The van der Waals surface area contributed by atoms with Crippen LogP contribution in [0.5, 0.6) is 0 Å². The maximum absolute atomic E-state index is 11.9. The lowest BCUT2D eigenvalue weighted by molar-refractivity contribution is -0.117. The van der Waals surface area contributed by atoms with Crippen molar-refractivity contribution in [3.63, 3.8) is 0 Å². The SMILES string of the molecule is CCCC(O)C1N=CC(c2cnc3cc(NC(=O)C4CC4)ncc3c2)=C(C)N1. The van der Waals surface area contributed by atoms with Crippen molar-refractivity contribution >= 4 is 34.4 Å². The van der Waals surface area contributed by atoms with Gasteiger partial charge in [-0.25, -0.2) is 4.98 Å². The lowest BCUT2D eigenvalue weighted by Crippen LogP contribution is -2.39. The van der Waals surface area contributed by atoms with E-state index in [1.54, 1.807) is 24.7 Å². The number of carbonyl (C=O) groups excluding carboxylic acids is 1. The number of anilines is 1. The highest BCUT2D eigenvalue weighted by Crippen LogP contribution is 2.30. The maximum atomic E-state index is 11.9. The molecule has 3 heterocycles. The van der Waals surface area contributed by atoms with Crippen LogP contribution in [0.2, 0.25) is 0 Å². The molecule has 7 nitrogen and oxygen atoms in total. The summed E-state index contributed by atoms with van der Waals surface area (Å²) in [6, 6.07) is 3.81. The van der Waals surface area contributed by atoms with Gasteiger partial charge in [-0.1, -0.05) is 13.3 Å². The number of hydrogen-bond donors (Lipinski definition) is 3. The van der Waals surface area contributed by atoms with Gasteiger partial charge in [0, 0.05) is 52.8 Å². The number of aliphatic hydroxyl groups is 1. The van der Waals surface area contributed by atoms with Crippen LogP contribution in [0.25, 0.3) is 16.5 Å². The van der Waals surface area contributed by atoms with Gasteiger partial charge >= 0.3 is 0 Å². The number of aromatic nitrogens is 2. The van der Waals surface area contributed by atoms with E-state index in [-0.39, 0.29) is 18.0 Å². The number of nitrogens with zero attached hydrogens (tertiary/aromatic N) is 3. The number of carbonyl (C=O) groups is 1. The minimum absolute atomic E-state index is 0.0357. The van der Waals surface area contributed by atoms with Crippen LogP contribution in [0.15, 0.2) is 35.2 Å². The van der Waals surface area contributed by atoms with Gasteiger partial charge in [-0.05, 0) is 32.3 Å². The molecule has 0 aromatic carbocycles. The number of aliphatic hydroxyl groups excluding tert-OH is 1. The number of rotatable bonds is 6. The van der Waals surface area contributed by atoms with Gasteiger partial charge in [-0.3, -0.25) is 14.8 Å². The second-order valence-corrected chi connectivity index (χ2v) is 7.51. The van der Waals surface area contributed by atoms with Crippen LogP contribution in [0.4, 0.5) is 5.82 Å². The maximum Gasteiger partial charge on any atom is 0.228 e. The van der Waals surface area contributed by atoms with E-state index in [0.29, 0.717) is 12.2 Å². The number of pyridine rings is 2. The molecule has 1 fully saturated rings.